The first-order valence-electron chi connectivity index (χ1n) is 10.9. The zero-order chi connectivity index (χ0) is 23.1. The van der Waals surface area contributed by atoms with Crippen LogP contribution in [0.15, 0.2) is 59.0 Å². The number of halogens is 1. The number of fused-ring (bicyclic) bond motifs is 1. The van der Waals surface area contributed by atoms with Gasteiger partial charge in [-0.2, -0.15) is 0 Å². The monoisotopic (exact) mass is 461 g/mol. The third kappa shape index (κ3) is 4.19. The number of nitrogens with one attached hydrogen (secondary N) is 1. The van der Waals surface area contributed by atoms with Crippen molar-refractivity contribution >= 4 is 40.8 Å². The van der Waals surface area contributed by atoms with Crippen molar-refractivity contribution in [2.24, 2.45) is 0 Å². The average Bonchev–Trinajstić information content (AvgIpc) is 3.53. The van der Waals surface area contributed by atoms with Gasteiger partial charge in [0.1, 0.15) is 11.5 Å². The zero-order valence-electron chi connectivity index (χ0n) is 18.5. The van der Waals surface area contributed by atoms with Gasteiger partial charge in [0.15, 0.2) is 0 Å². The quantitative estimate of drug-likeness (QED) is 0.563. The molecule has 2 aromatic carbocycles. The highest BCUT2D eigenvalue weighted by Crippen LogP contribution is 2.35. The summed E-state index contributed by atoms with van der Waals surface area (Å²) in [6.07, 6.45) is 2.69. The second kappa shape index (κ2) is 8.54. The van der Waals surface area contributed by atoms with Gasteiger partial charge in [-0.15, -0.1) is 0 Å². The summed E-state index contributed by atoms with van der Waals surface area (Å²) < 4.78 is 6.01. The van der Waals surface area contributed by atoms with Crippen molar-refractivity contribution in [1.82, 2.24) is 9.80 Å². The molecular formula is C26H24ClN3O3. The number of benzene rings is 2. The molecule has 168 valence electrons. The molecule has 3 aromatic rings. The summed E-state index contributed by atoms with van der Waals surface area (Å²) in [7, 11) is 3.94. The fourth-order valence-corrected chi connectivity index (χ4v) is 4.61. The van der Waals surface area contributed by atoms with Crippen LogP contribution in [0.5, 0.6) is 0 Å². The Kier molecular flexibility index (Phi) is 5.56. The largest absolute Gasteiger partial charge is 0.457 e. The van der Waals surface area contributed by atoms with Gasteiger partial charge < -0.3 is 19.5 Å². The van der Waals surface area contributed by atoms with Gasteiger partial charge >= 0.3 is 0 Å². The molecule has 3 heterocycles. The number of furan rings is 1. The fourth-order valence-electron chi connectivity index (χ4n) is 4.43. The van der Waals surface area contributed by atoms with Crippen LogP contribution < -0.4 is 5.32 Å². The van der Waals surface area contributed by atoms with Crippen LogP contribution in [-0.2, 0) is 4.79 Å². The third-order valence-electron chi connectivity index (χ3n) is 6.31. The van der Waals surface area contributed by atoms with Gasteiger partial charge in [0, 0.05) is 47.0 Å². The Bertz CT molecular complexity index is 1280. The van der Waals surface area contributed by atoms with Gasteiger partial charge in [-0.05, 0) is 68.6 Å². The van der Waals surface area contributed by atoms with Crippen LogP contribution in [0.25, 0.3) is 23.0 Å². The standard InChI is InChI=1S/C26H24ClN3O3/c1-29-11-10-19(15-29)30(2)26(32)17-5-3-4-16(12-17)24-9-7-20(33-24)14-22-21-13-18(27)6-8-23(21)28-25(22)31/h3-9,12-14,19H,10-11,15H2,1-2H3,(H,28,31). The van der Waals surface area contributed by atoms with Crippen molar-refractivity contribution in [2.75, 3.05) is 32.5 Å². The van der Waals surface area contributed by atoms with Gasteiger partial charge in [0.2, 0.25) is 0 Å². The smallest absolute Gasteiger partial charge is 0.256 e. The molecule has 0 aliphatic carbocycles. The van der Waals surface area contributed by atoms with E-state index in [4.69, 9.17) is 16.0 Å². The molecule has 0 spiro atoms. The average molecular weight is 462 g/mol. The molecule has 1 saturated heterocycles. The maximum absolute atomic E-state index is 13.0. The summed E-state index contributed by atoms with van der Waals surface area (Å²) in [6.45, 7) is 1.89. The molecule has 0 saturated carbocycles. The summed E-state index contributed by atoms with van der Waals surface area (Å²) in [5.41, 5.74) is 3.41. The number of amides is 2. The molecule has 2 amide bonds. The van der Waals surface area contributed by atoms with Crippen LogP contribution >= 0.6 is 11.6 Å². The van der Waals surface area contributed by atoms with Crippen molar-refractivity contribution in [2.45, 2.75) is 12.5 Å². The molecule has 1 aromatic heterocycles. The maximum atomic E-state index is 13.0. The predicted octanol–water partition coefficient (Wildman–Crippen LogP) is 4.87. The molecule has 2 aliphatic heterocycles. The van der Waals surface area contributed by atoms with E-state index < -0.39 is 0 Å². The van der Waals surface area contributed by atoms with Crippen molar-refractivity contribution in [3.05, 3.63) is 76.5 Å². The van der Waals surface area contributed by atoms with E-state index in [9.17, 15) is 9.59 Å². The van der Waals surface area contributed by atoms with E-state index in [2.05, 4.69) is 17.3 Å². The predicted molar refractivity (Wildman–Crippen MR) is 130 cm³/mol. The number of hydrogen-bond donors (Lipinski definition) is 1. The van der Waals surface area contributed by atoms with Crippen LogP contribution in [0.3, 0.4) is 0 Å². The number of hydrogen-bond acceptors (Lipinski definition) is 4. The highest BCUT2D eigenvalue weighted by Gasteiger charge is 2.27. The number of carbonyl (C=O) groups is 2. The summed E-state index contributed by atoms with van der Waals surface area (Å²) in [6, 6.07) is 16.6. The molecule has 1 atom stereocenters. The number of likely N-dealkylation sites (N-methyl/N-ethyl adjacent to an activating group) is 2. The maximum Gasteiger partial charge on any atom is 0.256 e. The molecule has 1 fully saturated rings. The highest BCUT2D eigenvalue weighted by atomic mass is 35.5. The topological polar surface area (TPSA) is 65.8 Å². The molecule has 5 rings (SSSR count). The van der Waals surface area contributed by atoms with Gasteiger partial charge in [0.25, 0.3) is 11.8 Å². The van der Waals surface area contributed by atoms with E-state index in [1.165, 1.54) is 0 Å². The summed E-state index contributed by atoms with van der Waals surface area (Å²) in [5.74, 6) is 0.982. The lowest BCUT2D eigenvalue weighted by atomic mass is 10.1. The Morgan fingerprint density at radius 1 is 1.21 bits per heavy atom. The lowest BCUT2D eigenvalue weighted by Gasteiger charge is -2.24. The minimum absolute atomic E-state index is 0.00200. The molecule has 6 nitrogen and oxygen atoms in total. The lowest BCUT2D eigenvalue weighted by Crippen LogP contribution is -2.38. The summed E-state index contributed by atoms with van der Waals surface area (Å²) >= 11 is 6.11. The molecule has 7 heteroatoms. The molecule has 2 aliphatic rings. The summed E-state index contributed by atoms with van der Waals surface area (Å²) in [4.78, 5) is 29.5. The van der Waals surface area contributed by atoms with Crippen molar-refractivity contribution in [3.8, 4) is 11.3 Å². The minimum atomic E-state index is -0.196. The second-order valence-electron chi connectivity index (χ2n) is 8.61. The van der Waals surface area contributed by atoms with Crippen LogP contribution in [0.2, 0.25) is 5.02 Å². The van der Waals surface area contributed by atoms with Crippen LogP contribution in [0.4, 0.5) is 5.69 Å². The Morgan fingerprint density at radius 2 is 2.06 bits per heavy atom. The van der Waals surface area contributed by atoms with Gasteiger partial charge in [-0.3, -0.25) is 9.59 Å². The van der Waals surface area contributed by atoms with E-state index in [0.29, 0.717) is 27.7 Å². The molecule has 33 heavy (non-hydrogen) atoms. The van der Waals surface area contributed by atoms with E-state index in [0.717, 1.165) is 36.3 Å². The molecule has 0 bridgehead atoms. The minimum Gasteiger partial charge on any atom is -0.457 e. The molecule has 1 unspecified atom stereocenters. The van der Waals surface area contributed by atoms with E-state index in [1.54, 1.807) is 24.3 Å². The van der Waals surface area contributed by atoms with E-state index in [-0.39, 0.29) is 17.9 Å². The number of nitrogens with zero attached hydrogens (tertiary/aromatic N) is 2. The second-order valence-corrected chi connectivity index (χ2v) is 9.04. The SMILES string of the molecule is CN1CCC(N(C)C(=O)c2cccc(-c3ccc(C=C4C(=O)Nc5ccc(Cl)cc54)o3)c2)C1. The molecular weight excluding hydrogens is 438 g/mol. The van der Waals surface area contributed by atoms with Crippen LogP contribution in [-0.4, -0.2) is 54.8 Å². The van der Waals surface area contributed by atoms with Crippen molar-refractivity contribution in [3.63, 3.8) is 0 Å². The first kappa shape index (κ1) is 21.5. The number of anilines is 1. The molecule has 0 radical (unpaired) electrons. The van der Waals surface area contributed by atoms with Crippen LogP contribution in [0, 0.1) is 0 Å². The first-order chi connectivity index (χ1) is 15.9. The Morgan fingerprint density at radius 3 is 2.85 bits per heavy atom. The highest BCUT2D eigenvalue weighted by molar-refractivity contribution is 6.36. The molecule has 1 N–H and O–H groups in total. The van der Waals surface area contributed by atoms with E-state index >= 15 is 0 Å². The van der Waals surface area contributed by atoms with Crippen molar-refractivity contribution in [1.29, 1.82) is 0 Å². The van der Waals surface area contributed by atoms with Gasteiger partial charge in [-0.1, -0.05) is 23.7 Å². The number of likely N-dealkylation sites (tertiary alicyclic amines) is 1. The van der Waals surface area contributed by atoms with E-state index in [1.807, 2.05) is 48.3 Å². The Hall–Kier alpha value is -3.35. The Balaban J connectivity index is 1.39. The summed E-state index contributed by atoms with van der Waals surface area (Å²) in [5, 5.41) is 3.40. The van der Waals surface area contributed by atoms with Crippen molar-refractivity contribution < 1.29 is 14.0 Å². The number of carbonyl (C=O) groups excluding carboxylic acids is 2. The first-order valence-corrected chi connectivity index (χ1v) is 11.3. The van der Waals surface area contributed by atoms with Crippen LogP contribution in [0.1, 0.15) is 28.1 Å². The van der Waals surface area contributed by atoms with Gasteiger partial charge in [0.05, 0.1) is 5.57 Å². The third-order valence-corrected chi connectivity index (χ3v) is 6.54. The lowest BCUT2D eigenvalue weighted by molar-refractivity contribution is -0.110. The zero-order valence-corrected chi connectivity index (χ0v) is 19.2. The Labute approximate surface area is 197 Å². The normalized spacial score (nSPS) is 19.1. The van der Waals surface area contributed by atoms with Gasteiger partial charge in [-0.25, -0.2) is 0 Å². The fraction of sp³-hybridized carbons (Fsp3) is 0.231. The number of rotatable bonds is 4.